The summed E-state index contributed by atoms with van der Waals surface area (Å²) in [6, 6.07) is 0. The highest BCUT2D eigenvalue weighted by atomic mass is 16.2. The number of rotatable bonds is 8. The molecule has 0 aromatic carbocycles. The predicted octanol–water partition coefficient (Wildman–Crippen LogP) is -1.51. The zero-order valence-electron chi connectivity index (χ0n) is 11.3. The van der Waals surface area contributed by atoms with E-state index in [0.717, 1.165) is 6.42 Å². The van der Waals surface area contributed by atoms with Crippen molar-refractivity contribution in [3.05, 3.63) is 11.9 Å². The molecule has 1 aromatic heterocycles. The lowest BCUT2D eigenvalue weighted by molar-refractivity contribution is -0.117. The Kier molecular flexibility index (Phi) is 5.66. The summed E-state index contributed by atoms with van der Waals surface area (Å²) in [6.45, 7) is 1.64. The van der Waals surface area contributed by atoms with Gasteiger partial charge in [0, 0.05) is 5.56 Å². The van der Waals surface area contributed by atoms with Crippen LogP contribution in [0.2, 0.25) is 0 Å². The van der Waals surface area contributed by atoms with E-state index in [1.54, 1.807) is 0 Å². The number of nitrogens with one attached hydrogen (secondary N) is 1. The van der Waals surface area contributed by atoms with Crippen LogP contribution in [-0.2, 0) is 16.0 Å². The Labute approximate surface area is 116 Å². The van der Waals surface area contributed by atoms with Crippen LogP contribution >= 0.6 is 0 Å². The van der Waals surface area contributed by atoms with Gasteiger partial charge in [0.05, 0.1) is 13.1 Å². The second-order valence-corrected chi connectivity index (χ2v) is 4.21. The maximum Gasteiger partial charge on any atom is 0.237 e. The molecule has 0 spiro atoms. The Hall–Kier alpha value is -2.42. The monoisotopic (exact) mass is 281 g/mol. The summed E-state index contributed by atoms with van der Waals surface area (Å²) in [6.07, 6.45) is 2.73. The number of hydrogen-bond acceptors (Lipinski definition) is 7. The molecule has 0 radical (unpaired) electrons. The first-order valence-corrected chi connectivity index (χ1v) is 6.11. The summed E-state index contributed by atoms with van der Waals surface area (Å²) in [5.41, 5.74) is 13.5. The predicted molar refractivity (Wildman–Crippen MR) is 74.4 cm³/mol. The van der Waals surface area contributed by atoms with Crippen LogP contribution in [0.25, 0.3) is 0 Å². The molecule has 0 fully saturated rings. The molecule has 0 unspecified atom stereocenters. The van der Waals surface area contributed by atoms with Gasteiger partial charge < -0.3 is 21.8 Å². The number of anilines is 2. The van der Waals surface area contributed by atoms with Gasteiger partial charge in [-0.2, -0.15) is 0 Å². The molecule has 0 atom stereocenters. The SMILES string of the molecule is CCCc1c(NN)ncnc1N(CC(N)=O)CC(N)=O. The smallest absolute Gasteiger partial charge is 0.237 e. The van der Waals surface area contributed by atoms with Crippen molar-refractivity contribution >= 4 is 23.5 Å². The van der Waals surface area contributed by atoms with Crippen molar-refractivity contribution in [2.75, 3.05) is 23.4 Å². The maximum atomic E-state index is 11.1. The molecule has 1 aromatic rings. The molecule has 0 aliphatic rings. The van der Waals surface area contributed by atoms with Gasteiger partial charge in [-0.1, -0.05) is 13.3 Å². The number of nitrogens with two attached hydrogens (primary N) is 3. The van der Waals surface area contributed by atoms with Crippen LogP contribution in [0.3, 0.4) is 0 Å². The first-order valence-electron chi connectivity index (χ1n) is 6.11. The van der Waals surface area contributed by atoms with Gasteiger partial charge in [0.2, 0.25) is 11.8 Å². The van der Waals surface area contributed by atoms with E-state index in [9.17, 15) is 9.59 Å². The van der Waals surface area contributed by atoms with Gasteiger partial charge in [-0.15, -0.1) is 0 Å². The number of nitrogen functional groups attached to an aromatic ring is 1. The van der Waals surface area contributed by atoms with Crippen molar-refractivity contribution in [2.24, 2.45) is 17.3 Å². The van der Waals surface area contributed by atoms with Crippen molar-refractivity contribution in [3.63, 3.8) is 0 Å². The van der Waals surface area contributed by atoms with Crippen LogP contribution in [-0.4, -0.2) is 34.9 Å². The first kappa shape index (κ1) is 15.6. The van der Waals surface area contributed by atoms with Crippen molar-refractivity contribution < 1.29 is 9.59 Å². The normalized spacial score (nSPS) is 10.1. The van der Waals surface area contributed by atoms with E-state index in [4.69, 9.17) is 17.3 Å². The molecular weight excluding hydrogens is 262 g/mol. The van der Waals surface area contributed by atoms with Gasteiger partial charge in [0.1, 0.15) is 18.0 Å². The average Bonchev–Trinajstić information content (AvgIpc) is 2.37. The standard InChI is InChI=1S/C11H19N7O2/c1-2-3-7-10(17-14)15-6-16-11(7)18(4-8(12)19)5-9(13)20/h6H,2-5,14H2,1H3,(H2,12,19)(H2,13,20)(H,15,16,17). The van der Waals surface area contributed by atoms with Crippen molar-refractivity contribution in [1.29, 1.82) is 0 Å². The van der Waals surface area contributed by atoms with E-state index in [1.165, 1.54) is 11.2 Å². The van der Waals surface area contributed by atoms with Gasteiger partial charge in [0.15, 0.2) is 0 Å². The summed E-state index contributed by atoms with van der Waals surface area (Å²) in [4.78, 5) is 31.8. The number of hydrazine groups is 1. The number of nitrogens with zero attached hydrogens (tertiary/aromatic N) is 3. The van der Waals surface area contributed by atoms with E-state index in [2.05, 4.69) is 15.4 Å². The topological polar surface area (TPSA) is 153 Å². The zero-order chi connectivity index (χ0) is 15.1. The zero-order valence-corrected chi connectivity index (χ0v) is 11.3. The van der Waals surface area contributed by atoms with Crippen molar-refractivity contribution in [1.82, 2.24) is 9.97 Å². The van der Waals surface area contributed by atoms with E-state index < -0.39 is 11.8 Å². The Morgan fingerprint density at radius 1 is 1.25 bits per heavy atom. The molecule has 0 bridgehead atoms. The number of amides is 2. The van der Waals surface area contributed by atoms with Gasteiger partial charge in [-0.25, -0.2) is 15.8 Å². The second-order valence-electron chi connectivity index (χ2n) is 4.21. The van der Waals surface area contributed by atoms with Crippen molar-refractivity contribution in [2.45, 2.75) is 19.8 Å². The molecule has 20 heavy (non-hydrogen) atoms. The molecule has 1 heterocycles. The highest BCUT2D eigenvalue weighted by Gasteiger charge is 2.19. The number of carbonyl (C=O) groups is 2. The molecule has 9 nitrogen and oxygen atoms in total. The van der Waals surface area contributed by atoms with Gasteiger partial charge in [-0.3, -0.25) is 9.59 Å². The third kappa shape index (κ3) is 4.05. The largest absolute Gasteiger partial charge is 0.368 e. The van der Waals surface area contributed by atoms with E-state index in [1.807, 2.05) is 6.92 Å². The first-order chi connectivity index (χ1) is 9.49. The minimum absolute atomic E-state index is 0.166. The van der Waals surface area contributed by atoms with Gasteiger partial charge >= 0.3 is 0 Å². The van der Waals surface area contributed by atoms with E-state index in [-0.39, 0.29) is 13.1 Å². The number of primary amides is 2. The summed E-state index contributed by atoms with van der Waals surface area (Å²) < 4.78 is 0. The fraction of sp³-hybridized carbons (Fsp3) is 0.455. The highest BCUT2D eigenvalue weighted by Crippen LogP contribution is 2.24. The number of carbonyl (C=O) groups excluding carboxylic acids is 2. The summed E-state index contributed by atoms with van der Waals surface area (Å²) >= 11 is 0. The Bertz CT molecular complexity index is 476. The average molecular weight is 281 g/mol. The maximum absolute atomic E-state index is 11.1. The quantitative estimate of drug-likeness (QED) is 0.333. The minimum Gasteiger partial charge on any atom is -0.368 e. The van der Waals surface area contributed by atoms with Crippen LogP contribution in [0.15, 0.2) is 6.33 Å². The van der Waals surface area contributed by atoms with E-state index >= 15 is 0 Å². The minimum atomic E-state index is -0.588. The van der Waals surface area contributed by atoms with Gasteiger partial charge in [-0.05, 0) is 6.42 Å². The molecule has 0 aliphatic carbocycles. The molecule has 0 saturated heterocycles. The molecular formula is C11H19N7O2. The van der Waals surface area contributed by atoms with Gasteiger partial charge in [0.25, 0.3) is 0 Å². The fourth-order valence-corrected chi connectivity index (χ4v) is 1.86. The molecule has 7 N–H and O–H groups in total. The molecule has 1 rings (SSSR count). The fourth-order valence-electron chi connectivity index (χ4n) is 1.86. The molecule has 2 amide bonds. The third-order valence-electron chi connectivity index (χ3n) is 2.55. The lowest BCUT2D eigenvalue weighted by Crippen LogP contribution is -2.40. The summed E-state index contributed by atoms with van der Waals surface area (Å²) in [5, 5.41) is 0. The lowest BCUT2D eigenvalue weighted by atomic mass is 10.1. The number of hydrogen-bond donors (Lipinski definition) is 4. The Morgan fingerprint density at radius 2 is 1.85 bits per heavy atom. The second kappa shape index (κ2) is 7.24. The molecule has 9 heteroatoms. The van der Waals surface area contributed by atoms with Crippen LogP contribution in [0.4, 0.5) is 11.6 Å². The summed E-state index contributed by atoms with van der Waals surface area (Å²) in [5.74, 6) is 5.10. The third-order valence-corrected chi connectivity index (χ3v) is 2.55. The van der Waals surface area contributed by atoms with Crippen LogP contribution < -0.4 is 27.6 Å². The Balaban J connectivity index is 3.22. The van der Waals surface area contributed by atoms with Crippen molar-refractivity contribution in [3.8, 4) is 0 Å². The lowest BCUT2D eigenvalue weighted by Gasteiger charge is -2.23. The van der Waals surface area contributed by atoms with Crippen LogP contribution in [0.5, 0.6) is 0 Å². The van der Waals surface area contributed by atoms with E-state index in [0.29, 0.717) is 23.6 Å². The molecule has 0 saturated carbocycles. The number of aromatic nitrogens is 2. The molecule has 110 valence electrons. The van der Waals surface area contributed by atoms with Crippen LogP contribution in [0.1, 0.15) is 18.9 Å². The summed E-state index contributed by atoms with van der Waals surface area (Å²) in [7, 11) is 0. The molecule has 0 aliphatic heterocycles. The van der Waals surface area contributed by atoms with Crippen LogP contribution in [0, 0.1) is 0 Å². The highest BCUT2D eigenvalue weighted by molar-refractivity contribution is 5.85. The Morgan fingerprint density at radius 3 is 2.30 bits per heavy atom.